The molecule has 0 aromatic heterocycles. The summed E-state index contributed by atoms with van der Waals surface area (Å²) in [6, 6.07) is 5.30. The van der Waals surface area contributed by atoms with Crippen molar-refractivity contribution < 1.29 is 14.3 Å². The minimum Gasteiger partial charge on any atom is -0.491 e. The first-order chi connectivity index (χ1) is 8.70. The van der Waals surface area contributed by atoms with Crippen LogP contribution in [0.5, 0.6) is 5.75 Å². The Morgan fingerprint density at radius 1 is 1.50 bits per heavy atom. The number of benzene rings is 1. The molecule has 0 saturated heterocycles. The van der Waals surface area contributed by atoms with Gasteiger partial charge in [-0.1, -0.05) is 17.7 Å². The van der Waals surface area contributed by atoms with Crippen LogP contribution < -0.4 is 10.1 Å². The van der Waals surface area contributed by atoms with Crippen molar-refractivity contribution in [1.29, 1.82) is 0 Å². The van der Waals surface area contributed by atoms with Crippen molar-refractivity contribution in [2.45, 2.75) is 25.3 Å². The van der Waals surface area contributed by atoms with Crippen LogP contribution in [0.25, 0.3) is 0 Å². The summed E-state index contributed by atoms with van der Waals surface area (Å²) >= 11 is 5.93. The maximum atomic E-state index is 11.4. The van der Waals surface area contributed by atoms with E-state index < -0.39 is 0 Å². The van der Waals surface area contributed by atoms with Gasteiger partial charge in [0.2, 0.25) is 5.91 Å². The Morgan fingerprint density at radius 3 is 2.94 bits per heavy atom. The Balaban J connectivity index is 1.85. The summed E-state index contributed by atoms with van der Waals surface area (Å²) in [6.45, 7) is 0.211. The van der Waals surface area contributed by atoms with E-state index in [9.17, 15) is 9.59 Å². The summed E-state index contributed by atoms with van der Waals surface area (Å²) < 4.78 is 5.41. The average molecular weight is 268 g/mol. The molecule has 1 aliphatic rings. The zero-order valence-corrected chi connectivity index (χ0v) is 10.6. The standard InChI is InChI=1S/C13H14ClNO3/c14-11-3-1-2-9(8-16)13(11)18-7-6-12(17)15-10-4-5-10/h1-3,8,10H,4-7H2,(H,15,17). The van der Waals surface area contributed by atoms with Crippen LogP contribution in [0, 0.1) is 0 Å². The molecule has 0 unspecified atom stereocenters. The van der Waals surface area contributed by atoms with Crippen molar-refractivity contribution in [2.24, 2.45) is 0 Å². The molecule has 96 valence electrons. The lowest BCUT2D eigenvalue weighted by atomic mass is 10.2. The molecular weight excluding hydrogens is 254 g/mol. The predicted octanol–water partition coefficient (Wildman–Crippen LogP) is 2.20. The number of amides is 1. The Morgan fingerprint density at radius 2 is 2.28 bits per heavy atom. The highest BCUT2D eigenvalue weighted by molar-refractivity contribution is 6.32. The number of halogens is 1. The Kier molecular flexibility index (Phi) is 4.20. The van der Waals surface area contributed by atoms with Gasteiger partial charge in [0.15, 0.2) is 6.29 Å². The van der Waals surface area contributed by atoms with E-state index in [0.717, 1.165) is 12.8 Å². The molecule has 0 radical (unpaired) electrons. The molecule has 5 heteroatoms. The summed E-state index contributed by atoms with van der Waals surface area (Å²) in [4.78, 5) is 22.2. The molecule has 1 saturated carbocycles. The molecule has 1 aromatic rings. The van der Waals surface area contributed by atoms with Gasteiger partial charge in [-0.3, -0.25) is 9.59 Å². The Bertz CT molecular complexity index is 458. The van der Waals surface area contributed by atoms with Gasteiger partial charge in [-0.15, -0.1) is 0 Å². The largest absolute Gasteiger partial charge is 0.491 e. The SMILES string of the molecule is O=Cc1cccc(Cl)c1OCCC(=O)NC1CC1. The van der Waals surface area contributed by atoms with E-state index in [1.807, 2.05) is 0 Å². The zero-order valence-electron chi connectivity index (χ0n) is 9.82. The minimum absolute atomic E-state index is 0.0304. The zero-order chi connectivity index (χ0) is 13.0. The van der Waals surface area contributed by atoms with Crippen LogP contribution in [0.15, 0.2) is 18.2 Å². The maximum absolute atomic E-state index is 11.4. The fourth-order valence-electron chi connectivity index (χ4n) is 1.54. The highest BCUT2D eigenvalue weighted by Gasteiger charge is 2.22. The molecule has 18 heavy (non-hydrogen) atoms. The molecule has 1 aliphatic carbocycles. The smallest absolute Gasteiger partial charge is 0.223 e. The summed E-state index contributed by atoms with van der Waals surface area (Å²) in [5.74, 6) is 0.311. The molecular formula is C13H14ClNO3. The lowest BCUT2D eigenvalue weighted by molar-refractivity contribution is -0.121. The van der Waals surface area contributed by atoms with Gasteiger partial charge in [0.25, 0.3) is 0 Å². The van der Waals surface area contributed by atoms with Crippen LogP contribution in [0.2, 0.25) is 5.02 Å². The van der Waals surface area contributed by atoms with E-state index in [0.29, 0.717) is 28.7 Å². The van der Waals surface area contributed by atoms with Crippen LogP contribution in [0.3, 0.4) is 0 Å². The highest BCUT2D eigenvalue weighted by Crippen LogP contribution is 2.27. The average Bonchev–Trinajstić information content (AvgIpc) is 3.15. The number of hydrogen-bond acceptors (Lipinski definition) is 3. The number of para-hydroxylation sites is 1. The molecule has 0 spiro atoms. The minimum atomic E-state index is -0.0304. The van der Waals surface area contributed by atoms with Crippen LogP contribution in [-0.2, 0) is 4.79 Å². The maximum Gasteiger partial charge on any atom is 0.223 e. The third kappa shape index (κ3) is 3.47. The highest BCUT2D eigenvalue weighted by atomic mass is 35.5. The summed E-state index contributed by atoms with van der Waals surface area (Å²) in [6.07, 6.45) is 3.07. The van der Waals surface area contributed by atoms with Crippen molar-refractivity contribution in [3.05, 3.63) is 28.8 Å². The van der Waals surface area contributed by atoms with E-state index in [1.54, 1.807) is 18.2 Å². The molecule has 1 fully saturated rings. The number of ether oxygens (including phenoxy) is 1. The second-order valence-corrected chi connectivity index (χ2v) is 4.62. The van der Waals surface area contributed by atoms with Crippen molar-refractivity contribution >= 4 is 23.8 Å². The molecule has 0 atom stereocenters. The van der Waals surface area contributed by atoms with Gasteiger partial charge in [0, 0.05) is 6.04 Å². The van der Waals surface area contributed by atoms with Crippen LogP contribution in [0.4, 0.5) is 0 Å². The van der Waals surface area contributed by atoms with Gasteiger partial charge in [0.05, 0.1) is 23.6 Å². The van der Waals surface area contributed by atoms with E-state index >= 15 is 0 Å². The van der Waals surface area contributed by atoms with Gasteiger partial charge >= 0.3 is 0 Å². The number of nitrogens with one attached hydrogen (secondary N) is 1. The second kappa shape index (κ2) is 5.87. The van der Waals surface area contributed by atoms with E-state index in [1.165, 1.54) is 0 Å². The van der Waals surface area contributed by atoms with Crippen LogP contribution >= 0.6 is 11.6 Å². The number of hydrogen-bond donors (Lipinski definition) is 1. The van der Waals surface area contributed by atoms with Gasteiger partial charge in [0.1, 0.15) is 5.75 Å². The molecule has 4 nitrogen and oxygen atoms in total. The van der Waals surface area contributed by atoms with E-state index in [-0.39, 0.29) is 18.9 Å². The van der Waals surface area contributed by atoms with Gasteiger partial charge < -0.3 is 10.1 Å². The monoisotopic (exact) mass is 267 g/mol. The molecule has 0 bridgehead atoms. The number of rotatable bonds is 6. The molecule has 1 amide bonds. The lowest BCUT2D eigenvalue weighted by Gasteiger charge is -2.10. The summed E-state index contributed by atoms with van der Waals surface area (Å²) in [5, 5.41) is 3.24. The van der Waals surface area contributed by atoms with Crippen LogP contribution in [0.1, 0.15) is 29.6 Å². The van der Waals surface area contributed by atoms with Gasteiger partial charge in [-0.25, -0.2) is 0 Å². The van der Waals surface area contributed by atoms with Crippen molar-refractivity contribution in [1.82, 2.24) is 5.32 Å². The third-order valence-electron chi connectivity index (χ3n) is 2.64. The van der Waals surface area contributed by atoms with E-state index in [4.69, 9.17) is 16.3 Å². The molecule has 0 heterocycles. The third-order valence-corrected chi connectivity index (χ3v) is 2.94. The fraction of sp³-hybridized carbons (Fsp3) is 0.385. The first kappa shape index (κ1) is 12.9. The quantitative estimate of drug-likeness (QED) is 0.804. The van der Waals surface area contributed by atoms with Crippen molar-refractivity contribution in [2.75, 3.05) is 6.61 Å². The van der Waals surface area contributed by atoms with Crippen LogP contribution in [-0.4, -0.2) is 24.8 Å². The molecule has 1 N–H and O–H groups in total. The van der Waals surface area contributed by atoms with Gasteiger partial charge in [-0.2, -0.15) is 0 Å². The Labute approximate surface area is 110 Å². The first-order valence-electron chi connectivity index (χ1n) is 5.86. The fourth-order valence-corrected chi connectivity index (χ4v) is 1.78. The Hall–Kier alpha value is -1.55. The van der Waals surface area contributed by atoms with E-state index in [2.05, 4.69) is 5.32 Å². The summed E-state index contributed by atoms with van der Waals surface area (Å²) in [7, 11) is 0. The molecule has 2 rings (SSSR count). The predicted molar refractivity (Wildman–Crippen MR) is 68.1 cm³/mol. The second-order valence-electron chi connectivity index (χ2n) is 4.22. The number of carbonyl (C=O) groups excluding carboxylic acids is 2. The summed E-state index contributed by atoms with van der Waals surface area (Å²) in [5.41, 5.74) is 0.394. The molecule has 0 aliphatic heterocycles. The topological polar surface area (TPSA) is 55.4 Å². The normalized spacial score (nSPS) is 14.1. The number of carbonyl (C=O) groups is 2. The number of aldehydes is 1. The van der Waals surface area contributed by atoms with Gasteiger partial charge in [-0.05, 0) is 25.0 Å². The first-order valence-corrected chi connectivity index (χ1v) is 6.24. The molecule has 1 aromatic carbocycles. The lowest BCUT2D eigenvalue weighted by Crippen LogP contribution is -2.26. The van der Waals surface area contributed by atoms with Crippen molar-refractivity contribution in [3.8, 4) is 5.75 Å². The van der Waals surface area contributed by atoms with Crippen molar-refractivity contribution in [3.63, 3.8) is 0 Å².